The van der Waals surface area contributed by atoms with Gasteiger partial charge in [0, 0.05) is 13.2 Å². The number of hydrogen-bond acceptors (Lipinski definition) is 3. The van der Waals surface area contributed by atoms with E-state index in [1.807, 2.05) is 0 Å². The van der Waals surface area contributed by atoms with E-state index >= 15 is 0 Å². The Morgan fingerprint density at radius 3 is 2.87 bits per heavy atom. The van der Waals surface area contributed by atoms with Crippen molar-refractivity contribution in [2.24, 2.45) is 7.05 Å². The monoisotopic (exact) mass is 230 g/mol. The normalized spacial score (nSPS) is 9.73. The van der Waals surface area contributed by atoms with Crippen LogP contribution >= 0.6 is 11.6 Å². The molecule has 1 aromatic heterocycles. The Bertz CT molecular complexity index is 363. The van der Waals surface area contributed by atoms with Gasteiger partial charge in [0.1, 0.15) is 5.88 Å². The molecule has 0 saturated carbocycles. The van der Waals surface area contributed by atoms with E-state index in [4.69, 9.17) is 11.6 Å². The molecule has 1 rings (SSSR count). The molecule has 0 aromatic carbocycles. The highest BCUT2D eigenvalue weighted by Gasteiger charge is 2.06. The van der Waals surface area contributed by atoms with Crippen molar-refractivity contribution in [2.45, 2.75) is 6.54 Å². The van der Waals surface area contributed by atoms with Gasteiger partial charge in [-0.25, -0.2) is 4.79 Å². The van der Waals surface area contributed by atoms with E-state index in [0.29, 0.717) is 6.54 Å². The maximum Gasteiger partial charge on any atom is 0.321 e. The number of carbonyl (C=O) groups excluding carboxylic acids is 2. The third kappa shape index (κ3) is 3.59. The van der Waals surface area contributed by atoms with Crippen molar-refractivity contribution in [2.75, 3.05) is 5.88 Å². The van der Waals surface area contributed by atoms with Gasteiger partial charge in [0.15, 0.2) is 0 Å². The Hall–Kier alpha value is -1.56. The Kier molecular flexibility index (Phi) is 4.11. The fourth-order valence-electron chi connectivity index (χ4n) is 0.950. The lowest BCUT2D eigenvalue weighted by Gasteiger charge is -2.05. The number of urea groups is 1. The van der Waals surface area contributed by atoms with Crippen molar-refractivity contribution >= 4 is 23.5 Å². The van der Waals surface area contributed by atoms with Crippen LogP contribution in [0.2, 0.25) is 0 Å². The van der Waals surface area contributed by atoms with Gasteiger partial charge >= 0.3 is 6.03 Å². The molecule has 0 saturated heterocycles. The third-order valence-corrected chi connectivity index (χ3v) is 1.97. The number of carbonyl (C=O) groups is 2. The second kappa shape index (κ2) is 5.35. The predicted octanol–water partition coefficient (Wildman–Crippen LogP) is -0.0153. The summed E-state index contributed by atoms with van der Waals surface area (Å²) in [5, 5.41) is 8.49. The molecular weight excluding hydrogens is 220 g/mol. The summed E-state index contributed by atoms with van der Waals surface area (Å²) in [7, 11) is 1.76. The molecular formula is C8H11ClN4O2. The van der Waals surface area contributed by atoms with E-state index in [1.54, 1.807) is 24.0 Å². The van der Waals surface area contributed by atoms with E-state index in [-0.39, 0.29) is 5.88 Å². The van der Waals surface area contributed by atoms with Gasteiger partial charge in [-0.3, -0.25) is 14.8 Å². The van der Waals surface area contributed by atoms with Gasteiger partial charge in [0.25, 0.3) is 0 Å². The van der Waals surface area contributed by atoms with Crippen LogP contribution in [0, 0.1) is 0 Å². The molecule has 0 aliphatic heterocycles. The third-order valence-electron chi connectivity index (χ3n) is 1.73. The van der Waals surface area contributed by atoms with Crippen molar-refractivity contribution in [3.05, 3.63) is 18.0 Å². The fraction of sp³-hybridized carbons (Fsp3) is 0.375. The smallest absolute Gasteiger partial charge is 0.321 e. The molecule has 0 unspecified atom stereocenters. The zero-order valence-corrected chi connectivity index (χ0v) is 8.91. The highest BCUT2D eigenvalue weighted by Crippen LogP contribution is 1.94. The number of nitrogens with one attached hydrogen (secondary N) is 2. The van der Waals surface area contributed by atoms with Gasteiger partial charge in [0.2, 0.25) is 5.91 Å². The first kappa shape index (κ1) is 11.5. The van der Waals surface area contributed by atoms with Crippen LogP contribution < -0.4 is 10.6 Å². The number of rotatable bonds is 3. The molecule has 0 aliphatic rings. The fourth-order valence-corrected chi connectivity index (χ4v) is 1.02. The molecule has 2 N–H and O–H groups in total. The van der Waals surface area contributed by atoms with Gasteiger partial charge in [-0.15, -0.1) is 11.6 Å². The average Bonchev–Trinajstić information content (AvgIpc) is 2.61. The highest BCUT2D eigenvalue weighted by molar-refractivity contribution is 6.28. The molecule has 3 amide bonds. The first-order chi connectivity index (χ1) is 7.13. The first-order valence-corrected chi connectivity index (χ1v) is 4.77. The van der Waals surface area contributed by atoms with Crippen molar-refractivity contribution in [1.82, 2.24) is 20.4 Å². The van der Waals surface area contributed by atoms with Crippen LogP contribution in [0.25, 0.3) is 0 Å². The molecule has 0 fully saturated rings. The van der Waals surface area contributed by atoms with Crippen LogP contribution in [0.15, 0.2) is 12.3 Å². The molecule has 7 heteroatoms. The molecule has 0 bridgehead atoms. The number of aromatic nitrogens is 2. The molecule has 82 valence electrons. The summed E-state index contributed by atoms with van der Waals surface area (Å²) < 4.78 is 1.63. The number of alkyl halides is 1. The lowest BCUT2D eigenvalue weighted by atomic mass is 10.4. The van der Waals surface area contributed by atoms with Crippen LogP contribution in [0.5, 0.6) is 0 Å². The van der Waals surface area contributed by atoms with Gasteiger partial charge in [-0.2, -0.15) is 5.10 Å². The minimum absolute atomic E-state index is 0.237. The van der Waals surface area contributed by atoms with Gasteiger partial charge < -0.3 is 5.32 Å². The van der Waals surface area contributed by atoms with Crippen molar-refractivity contribution < 1.29 is 9.59 Å². The molecule has 0 spiro atoms. The standard InChI is InChI=1S/C8H11ClN4O2/c1-13-6(2-3-11-13)5-10-8(15)12-7(14)4-9/h2-3H,4-5H2,1H3,(H2,10,12,14,15). The predicted molar refractivity (Wildman–Crippen MR) is 54.3 cm³/mol. The second-order valence-corrected chi connectivity index (χ2v) is 3.08. The molecule has 1 aromatic rings. The van der Waals surface area contributed by atoms with Crippen molar-refractivity contribution in [1.29, 1.82) is 0 Å². The molecule has 15 heavy (non-hydrogen) atoms. The van der Waals surface area contributed by atoms with E-state index in [9.17, 15) is 9.59 Å². The number of amides is 3. The number of nitrogens with zero attached hydrogens (tertiary/aromatic N) is 2. The largest absolute Gasteiger partial charge is 0.332 e. The minimum Gasteiger partial charge on any atom is -0.332 e. The van der Waals surface area contributed by atoms with E-state index in [0.717, 1.165) is 5.69 Å². The van der Waals surface area contributed by atoms with Crippen LogP contribution in [0.3, 0.4) is 0 Å². The molecule has 1 heterocycles. The number of halogens is 1. The van der Waals surface area contributed by atoms with Crippen LogP contribution in [-0.4, -0.2) is 27.6 Å². The summed E-state index contributed by atoms with van der Waals surface area (Å²) in [6, 6.07) is 1.20. The first-order valence-electron chi connectivity index (χ1n) is 4.24. The number of hydrogen-bond donors (Lipinski definition) is 2. The summed E-state index contributed by atoms with van der Waals surface area (Å²) in [6.07, 6.45) is 1.62. The van der Waals surface area contributed by atoms with E-state index in [1.165, 1.54) is 0 Å². The van der Waals surface area contributed by atoms with E-state index in [2.05, 4.69) is 15.7 Å². The quantitative estimate of drug-likeness (QED) is 0.717. The summed E-state index contributed by atoms with van der Waals surface area (Å²) >= 11 is 5.21. The SMILES string of the molecule is Cn1nccc1CNC(=O)NC(=O)CCl. The van der Waals surface area contributed by atoms with Gasteiger partial charge in [-0.1, -0.05) is 0 Å². The molecule has 0 radical (unpaired) electrons. The van der Waals surface area contributed by atoms with Crippen molar-refractivity contribution in [3.63, 3.8) is 0 Å². The Morgan fingerprint density at radius 1 is 1.60 bits per heavy atom. The number of aryl methyl sites for hydroxylation is 1. The summed E-state index contributed by atoms with van der Waals surface area (Å²) in [5.74, 6) is -0.766. The summed E-state index contributed by atoms with van der Waals surface area (Å²) in [6.45, 7) is 0.303. The maximum atomic E-state index is 11.1. The highest BCUT2D eigenvalue weighted by atomic mass is 35.5. The lowest BCUT2D eigenvalue weighted by molar-refractivity contribution is -0.117. The molecule has 0 aliphatic carbocycles. The van der Waals surface area contributed by atoms with Crippen molar-refractivity contribution in [3.8, 4) is 0 Å². The Balaban J connectivity index is 2.35. The van der Waals surface area contributed by atoms with E-state index < -0.39 is 11.9 Å². The average molecular weight is 231 g/mol. The zero-order chi connectivity index (χ0) is 11.3. The minimum atomic E-state index is -0.568. The van der Waals surface area contributed by atoms with Gasteiger partial charge in [-0.05, 0) is 6.07 Å². The Labute approximate surface area is 91.6 Å². The van der Waals surface area contributed by atoms with Gasteiger partial charge in [0.05, 0.1) is 12.2 Å². The Morgan fingerprint density at radius 2 is 2.33 bits per heavy atom. The maximum absolute atomic E-state index is 11.1. The summed E-state index contributed by atoms with van der Waals surface area (Å²) in [5.41, 5.74) is 0.837. The zero-order valence-electron chi connectivity index (χ0n) is 8.16. The van der Waals surface area contributed by atoms with Crippen LogP contribution in [-0.2, 0) is 18.4 Å². The van der Waals surface area contributed by atoms with Crippen LogP contribution in [0.4, 0.5) is 4.79 Å². The topological polar surface area (TPSA) is 76.0 Å². The van der Waals surface area contributed by atoms with Crippen LogP contribution in [0.1, 0.15) is 5.69 Å². The molecule has 6 nitrogen and oxygen atoms in total. The number of imide groups is 1. The molecule has 0 atom stereocenters. The lowest BCUT2D eigenvalue weighted by Crippen LogP contribution is -2.39. The second-order valence-electron chi connectivity index (χ2n) is 2.81. The summed E-state index contributed by atoms with van der Waals surface area (Å²) in [4.78, 5) is 21.8.